The molecule has 0 saturated carbocycles. The monoisotopic (exact) mass is 249 g/mol. The van der Waals surface area contributed by atoms with E-state index < -0.39 is 0 Å². The number of aliphatic hydroxyl groups excluding tert-OH is 1. The lowest BCUT2D eigenvalue weighted by atomic mass is 9.89. The summed E-state index contributed by atoms with van der Waals surface area (Å²) >= 11 is 0. The van der Waals surface area contributed by atoms with Crippen molar-refractivity contribution in [3.8, 4) is 5.75 Å². The van der Waals surface area contributed by atoms with E-state index in [-0.39, 0.29) is 6.10 Å². The molecule has 2 rings (SSSR count). The molecule has 1 aromatic carbocycles. The normalized spacial score (nSPS) is 18.4. The van der Waals surface area contributed by atoms with Gasteiger partial charge >= 0.3 is 0 Å². The van der Waals surface area contributed by atoms with Crippen LogP contribution in [0.4, 0.5) is 0 Å². The van der Waals surface area contributed by atoms with Crippen molar-refractivity contribution < 1.29 is 15.1 Å². The van der Waals surface area contributed by atoms with Gasteiger partial charge in [-0.05, 0) is 32.3 Å². The zero-order valence-corrected chi connectivity index (χ0v) is 10.6. The van der Waals surface area contributed by atoms with Crippen LogP contribution in [-0.2, 0) is 6.42 Å². The van der Waals surface area contributed by atoms with Gasteiger partial charge < -0.3 is 15.1 Å². The molecule has 1 aliphatic rings. The van der Waals surface area contributed by atoms with Crippen LogP contribution in [-0.4, -0.2) is 28.7 Å². The van der Waals surface area contributed by atoms with E-state index in [1.807, 2.05) is 18.2 Å². The fraction of sp³-hybridized carbons (Fsp3) is 0.500. The first kappa shape index (κ1) is 12.9. The Balaban J connectivity index is 2.17. The van der Waals surface area contributed by atoms with Crippen molar-refractivity contribution in [2.45, 2.75) is 38.7 Å². The number of fused-ring (bicyclic) bond motifs is 1. The summed E-state index contributed by atoms with van der Waals surface area (Å²) in [5, 5.41) is 21.6. The average Bonchev–Trinajstić information content (AvgIpc) is 2.38. The first-order chi connectivity index (χ1) is 8.72. The third-order valence-electron chi connectivity index (χ3n) is 3.20. The van der Waals surface area contributed by atoms with Crippen molar-refractivity contribution in [2.75, 3.05) is 6.61 Å². The zero-order valence-electron chi connectivity index (χ0n) is 10.6. The lowest BCUT2D eigenvalue weighted by molar-refractivity contribution is 0.155. The van der Waals surface area contributed by atoms with Gasteiger partial charge in [0.1, 0.15) is 5.75 Å². The Morgan fingerprint density at radius 3 is 2.94 bits per heavy atom. The van der Waals surface area contributed by atoms with Gasteiger partial charge in [-0.25, -0.2) is 0 Å². The van der Waals surface area contributed by atoms with E-state index in [9.17, 15) is 5.11 Å². The molecule has 0 bridgehead atoms. The Hall–Kier alpha value is -1.55. The molecule has 1 aliphatic carbocycles. The molecule has 0 heterocycles. The zero-order chi connectivity index (χ0) is 13.0. The second-order valence-corrected chi connectivity index (χ2v) is 4.67. The summed E-state index contributed by atoms with van der Waals surface area (Å²) in [6, 6.07) is 5.80. The molecule has 0 aliphatic heterocycles. The Morgan fingerprint density at radius 1 is 1.39 bits per heavy atom. The Labute approximate surface area is 107 Å². The highest BCUT2D eigenvalue weighted by Crippen LogP contribution is 2.30. The van der Waals surface area contributed by atoms with Gasteiger partial charge in [0.05, 0.1) is 18.4 Å². The van der Waals surface area contributed by atoms with Crippen molar-refractivity contribution in [3.05, 3.63) is 29.3 Å². The molecule has 0 spiro atoms. The highest BCUT2D eigenvalue weighted by Gasteiger charge is 2.19. The molecule has 0 saturated heterocycles. The van der Waals surface area contributed by atoms with Crippen LogP contribution in [0.3, 0.4) is 0 Å². The van der Waals surface area contributed by atoms with Crippen molar-refractivity contribution >= 4 is 5.71 Å². The fourth-order valence-corrected chi connectivity index (χ4v) is 2.24. The number of hydrogen-bond acceptors (Lipinski definition) is 4. The van der Waals surface area contributed by atoms with Gasteiger partial charge in [0, 0.05) is 17.5 Å². The second-order valence-electron chi connectivity index (χ2n) is 4.67. The third-order valence-corrected chi connectivity index (χ3v) is 3.20. The quantitative estimate of drug-likeness (QED) is 0.636. The fourth-order valence-electron chi connectivity index (χ4n) is 2.24. The minimum absolute atomic E-state index is 0.348. The molecule has 1 aromatic rings. The maximum atomic E-state index is 9.22. The third kappa shape index (κ3) is 2.82. The van der Waals surface area contributed by atoms with Crippen LogP contribution in [0.2, 0.25) is 0 Å². The van der Waals surface area contributed by atoms with E-state index >= 15 is 0 Å². The summed E-state index contributed by atoms with van der Waals surface area (Å²) in [6.07, 6.45) is 2.99. The van der Waals surface area contributed by atoms with Crippen LogP contribution in [0.15, 0.2) is 23.4 Å². The molecular formula is C14H19NO3. The van der Waals surface area contributed by atoms with Crippen molar-refractivity contribution in [2.24, 2.45) is 5.16 Å². The summed E-state index contributed by atoms with van der Waals surface area (Å²) in [5.74, 6) is 0.842. The average molecular weight is 249 g/mol. The van der Waals surface area contributed by atoms with Crippen LogP contribution in [0.1, 0.15) is 37.3 Å². The van der Waals surface area contributed by atoms with Crippen molar-refractivity contribution in [3.63, 3.8) is 0 Å². The van der Waals surface area contributed by atoms with Gasteiger partial charge in [0.15, 0.2) is 0 Å². The van der Waals surface area contributed by atoms with Gasteiger partial charge in [-0.2, -0.15) is 0 Å². The summed E-state index contributed by atoms with van der Waals surface area (Å²) in [4.78, 5) is 0. The van der Waals surface area contributed by atoms with Gasteiger partial charge in [-0.1, -0.05) is 17.3 Å². The number of hydrogen-bond donors (Lipinski definition) is 2. The van der Waals surface area contributed by atoms with Crippen LogP contribution in [0, 0.1) is 0 Å². The number of nitrogens with zero attached hydrogens (tertiary/aromatic N) is 1. The predicted octanol–water partition coefficient (Wildman–Crippen LogP) is 2.35. The minimum atomic E-state index is -0.348. The van der Waals surface area contributed by atoms with Gasteiger partial charge in [0.2, 0.25) is 0 Å². The van der Waals surface area contributed by atoms with E-state index in [1.165, 1.54) is 0 Å². The highest BCUT2D eigenvalue weighted by atomic mass is 16.5. The molecule has 1 atom stereocenters. The summed E-state index contributed by atoms with van der Waals surface area (Å²) in [7, 11) is 0. The molecule has 2 N–H and O–H groups in total. The number of oxime groups is 1. The lowest BCUT2D eigenvalue weighted by Gasteiger charge is -2.20. The molecule has 98 valence electrons. The molecule has 0 fully saturated rings. The molecule has 18 heavy (non-hydrogen) atoms. The number of rotatable bonds is 4. The van der Waals surface area contributed by atoms with Gasteiger partial charge in [-0.15, -0.1) is 0 Å². The Kier molecular flexibility index (Phi) is 4.20. The molecule has 1 unspecified atom stereocenters. The summed E-state index contributed by atoms with van der Waals surface area (Å²) in [6.45, 7) is 2.25. The number of ether oxygens (including phenoxy) is 1. The maximum Gasteiger partial charge on any atom is 0.123 e. The molecule has 0 radical (unpaired) electrons. The van der Waals surface area contributed by atoms with Crippen LogP contribution < -0.4 is 4.74 Å². The Bertz CT molecular complexity index is 441. The van der Waals surface area contributed by atoms with Crippen molar-refractivity contribution in [1.82, 2.24) is 0 Å². The van der Waals surface area contributed by atoms with Crippen LogP contribution in [0.25, 0.3) is 0 Å². The number of benzene rings is 1. The SMILES string of the molecule is CC(O)CCOc1cccc2c1CCC/C2=N\O. The summed E-state index contributed by atoms with van der Waals surface area (Å²) in [5.41, 5.74) is 2.83. The molecule has 0 amide bonds. The first-order valence-corrected chi connectivity index (χ1v) is 6.36. The van der Waals surface area contributed by atoms with E-state index in [0.29, 0.717) is 13.0 Å². The molecule has 4 heteroatoms. The Morgan fingerprint density at radius 2 is 2.22 bits per heavy atom. The van der Waals surface area contributed by atoms with Crippen LogP contribution in [0.5, 0.6) is 5.75 Å². The smallest absolute Gasteiger partial charge is 0.123 e. The van der Waals surface area contributed by atoms with Gasteiger partial charge in [-0.3, -0.25) is 0 Å². The number of aliphatic hydroxyl groups is 1. The largest absolute Gasteiger partial charge is 0.493 e. The maximum absolute atomic E-state index is 9.22. The topological polar surface area (TPSA) is 62.0 Å². The second kappa shape index (κ2) is 5.87. The molecule has 0 aromatic heterocycles. The summed E-state index contributed by atoms with van der Waals surface area (Å²) < 4.78 is 5.71. The molecule has 4 nitrogen and oxygen atoms in total. The van der Waals surface area contributed by atoms with Crippen molar-refractivity contribution in [1.29, 1.82) is 0 Å². The van der Waals surface area contributed by atoms with E-state index in [0.717, 1.165) is 41.9 Å². The lowest BCUT2D eigenvalue weighted by Crippen LogP contribution is -2.14. The van der Waals surface area contributed by atoms with E-state index in [2.05, 4.69) is 5.16 Å². The predicted molar refractivity (Wildman–Crippen MR) is 69.5 cm³/mol. The van der Waals surface area contributed by atoms with E-state index in [4.69, 9.17) is 9.94 Å². The molecular weight excluding hydrogens is 230 g/mol. The first-order valence-electron chi connectivity index (χ1n) is 6.36. The standard InChI is InChI=1S/C14H19NO3/c1-10(16)8-9-18-14-7-3-4-11-12(14)5-2-6-13(11)15-17/h3-4,7,10,16-17H,2,5-6,8-9H2,1H3/b15-13+. The van der Waals surface area contributed by atoms with Gasteiger partial charge in [0.25, 0.3) is 0 Å². The van der Waals surface area contributed by atoms with E-state index in [1.54, 1.807) is 6.92 Å². The minimum Gasteiger partial charge on any atom is -0.493 e. The highest BCUT2D eigenvalue weighted by molar-refractivity contribution is 6.02. The van der Waals surface area contributed by atoms with Crippen LogP contribution >= 0.6 is 0 Å².